The maximum atomic E-state index is 12.6. The number of amides is 1. The van der Waals surface area contributed by atoms with E-state index in [1.165, 1.54) is 4.31 Å². The molecule has 29 heavy (non-hydrogen) atoms. The van der Waals surface area contributed by atoms with Crippen molar-refractivity contribution in [1.29, 1.82) is 0 Å². The number of fused-ring (bicyclic) bond motifs is 1. The number of nitrogens with one attached hydrogen (secondary N) is 1. The molecule has 2 aliphatic rings. The molecular formula is C19H23N5O4S. The van der Waals surface area contributed by atoms with E-state index in [9.17, 15) is 18.0 Å². The van der Waals surface area contributed by atoms with Gasteiger partial charge in [0.15, 0.2) is 0 Å². The Morgan fingerprint density at radius 3 is 2.76 bits per heavy atom. The average Bonchev–Trinajstić information content (AvgIpc) is 3.24. The van der Waals surface area contributed by atoms with Crippen molar-refractivity contribution < 1.29 is 13.2 Å². The summed E-state index contributed by atoms with van der Waals surface area (Å²) in [5, 5.41) is 0. The maximum absolute atomic E-state index is 12.6. The van der Waals surface area contributed by atoms with Gasteiger partial charge in [-0.15, -0.1) is 0 Å². The highest BCUT2D eigenvalue weighted by atomic mass is 32.2. The van der Waals surface area contributed by atoms with Crippen LogP contribution in [0, 0.1) is 0 Å². The molecule has 10 heteroatoms. The molecule has 1 amide bonds. The monoisotopic (exact) mass is 417 g/mol. The molecule has 0 aromatic carbocycles. The van der Waals surface area contributed by atoms with Gasteiger partial charge in [-0.05, 0) is 25.5 Å². The normalized spacial score (nSPS) is 19.9. The van der Waals surface area contributed by atoms with Crippen molar-refractivity contribution in [1.82, 2.24) is 24.2 Å². The number of H-pyrrole nitrogens is 1. The van der Waals surface area contributed by atoms with Crippen molar-refractivity contribution in [2.24, 2.45) is 0 Å². The minimum Gasteiger partial charge on any atom is -0.338 e. The van der Waals surface area contributed by atoms with E-state index in [2.05, 4.69) is 15.0 Å². The van der Waals surface area contributed by atoms with Crippen molar-refractivity contribution in [3.63, 3.8) is 0 Å². The Morgan fingerprint density at radius 2 is 2.03 bits per heavy atom. The van der Waals surface area contributed by atoms with E-state index in [0.717, 1.165) is 6.42 Å². The van der Waals surface area contributed by atoms with E-state index >= 15 is 0 Å². The zero-order chi connectivity index (χ0) is 20.6. The molecule has 1 unspecified atom stereocenters. The fourth-order valence-electron chi connectivity index (χ4n) is 3.88. The highest BCUT2D eigenvalue weighted by molar-refractivity contribution is 7.89. The molecule has 2 aliphatic heterocycles. The average molecular weight is 417 g/mol. The van der Waals surface area contributed by atoms with Gasteiger partial charge in [-0.2, -0.15) is 4.31 Å². The molecule has 9 nitrogen and oxygen atoms in total. The molecule has 0 aliphatic carbocycles. The molecule has 0 bridgehead atoms. The van der Waals surface area contributed by atoms with Crippen molar-refractivity contribution in [3.8, 4) is 0 Å². The third-order valence-electron chi connectivity index (χ3n) is 5.60. The molecule has 4 heterocycles. The van der Waals surface area contributed by atoms with E-state index in [1.54, 1.807) is 36.4 Å². The van der Waals surface area contributed by atoms with Crippen LogP contribution < -0.4 is 5.56 Å². The number of hydrogen-bond acceptors (Lipinski definition) is 6. The van der Waals surface area contributed by atoms with Gasteiger partial charge < -0.3 is 9.88 Å². The highest BCUT2D eigenvalue weighted by Gasteiger charge is 2.32. The lowest BCUT2D eigenvalue weighted by atomic mass is 10.1. The summed E-state index contributed by atoms with van der Waals surface area (Å²) in [5.74, 6) is 0.479. The molecule has 0 saturated carbocycles. The van der Waals surface area contributed by atoms with Crippen LogP contribution in [0.5, 0.6) is 0 Å². The maximum Gasteiger partial charge on any atom is 0.255 e. The number of rotatable bonds is 4. The second-order valence-electron chi connectivity index (χ2n) is 7.33. The van der Waals surface area contributed by atoms with Gasteiger partial charge in [-0.3, -0.25) is 14.6 Å². The van der Waals surface area contributed by atoms with E-state index in [0.29, 0.717) is 48.7 Å². The molecular weight excluding hydrogens is 394 g/mol. The summed E-state index contributed by atoms with van der Waals surface area (Å²) < 4.78 is 25.6. The van der Waals surface area contributed by atoms with Crippen molar-refractivity contribution in [3.05, 3.63) is 57.5 Å². The van der Waals surface area contributed by atoms with Crippen LogP contribution in [-0.2, 0) is 23.0 Å². The van der Waals surface area contributed by atoms with Crippen LogP contribution in [0.25, 0.3) is 0 Å². The minimum atomic E-state index is -3.35. The quantitative estimate of drug-likeness (QED) is 0.774. The molecule has 1 atom stereocenters. The first-order chi connectivity index (χ1) is 13.9. The van der Waals surface area contributed by atoms with Gasteiger partial charge in [0.2, 0.25) is 10.0 Å². The first-order valence-electron chi connectivity index (χ1n) is 9.68. The smallest absolute Gasteiger partial charge is 0.255 e. The Morgan fingerprint density at radius 1 is 1.28 bits per heavy atom. The molecule has 1 N–H and O–H groups in total. The van der Waals surface area contributed by atoms with Crippen LogP contribution >= 0.6 is 0 Å². The lowest BCUT2D eigenvalue weighted by molar-refractivity contribution is 0.0790. The number of hydrogen-bond donors (Lipinski definition) is 1. The number of sulfonamides is 1. The number of aromatic nitrogens is 3. The van der Waals surface area contributed by atoms with Gasteiger partial charge in [0, 0.05) is 56.5 Å². The standard InChI is InChI=1S/C19H23N5O4S/c1-2-29(27,28)24-10-6-16-15(12-24)18(25)22-17(21-16)14-5-9-23(11-14)19(26)13-3-7-20-8-4-13/h3-4,7-8,14H,2,5-6,9-12H2,1H3,(H,21,22,25). The largest absolute Gasteiger partial charge is 0.338 e. The number of nitrogens with zero attached hydrogens (tertiary/aromatic N) is 4. The number of likely N-dealkylation sites (tertiary alicyclic amines) is 1. The Kier molecular flexibility index (Phi) is 5.22. The highest BCUT2D eigenvalue weighted by Crippen LogP contribution is 2.27. The number of pyridine rings is 1. The molecule has 0 spiro atoms. The van der Waals surface area contributed by atoms with Gasteiger partial charge in [-0.25, -0.2) is 13.4 Å². The fourth-order valence-corrected chi connectivity index (χ4v) is 4.94. The Bertz CT molecular complexity index is 1080. The Labute approximate surface area is 168 Å². The predicted molar refractivity (Wildman–Crippen MR) is 106 cm³/mol. The Balaban J connectivity index is 1.52. The van der Waals surface area contributed by atoms with Crippen LogP contribution in [0.2, 0.25) is 0 Å². The van der Waals surface area contributed by atoms with Gasteiger partial charge in [0.05, 0.1) is 17.0 Å². The van der Waals surface area contributed by atoms with Crippen LogP contribution in [0.4, 0.5) is 0 Å². The van der Waals surface area contributed by atoms with Crippen LogP contribution in [0.15, 0.2) is 29.3 Å². The van der Waals surface area contributed by atoms with E-state index in [4.69, 9.17) is 0 Å². The summed E-state index contributed by atoms with van der Waals surface area (Å²) in [6.45, 7) is 3.06. The molecule has 2 aromatic heterocycles. The second-order valence-corrected chi connectivity index (χ2v) is 9.59. The van der Waals surface area contributed by atoms with Gasteiger partial charge in [-0.1, -0.05) is 0 Å². The van der Waals surface area contributed by atoms with Crippen molar-refractivity contribution in [2.75, 3.05) is 25.4 Å². The first kappa shape index (κ1) is 19.7. The minimum absolute atomic E-state index is 0.00909. The van der Waals surface area contributed by atoms with Crippen molar-refractivity contribution >= 4 is 15.9 Å². The first-order valence-corrected chi connectivity index (χ1v) is 11.3. The zero-order valence-electron chi connectivity index (χ0n) is 16.2. The fraction of sp³-hybridized carbons (Fsp3) is 0.474. The lowest BCUT2D eigenvalue weighted by Gasteiger charge is -2.27. The summed E-state index contributed by atoms with van der Waals surface area (Å²) in [4.78, 5) is 38.4. The SMILES string of the molecule is CCS(=O)(=O)N1CCc2nc(C3CCN(C(=O)c4ccncc4)C3)[nH]c(=O)c2C1. The number of aromatic amines is 1. The molecule has 154 valence electrons. The van der Waals surface area contributed by atoms with E-state index in [-0.39, 0.29) is 29.7 Å². The summed E-state index contributed by atoms with van der Waals surface area (Å²) in [6, 6.07) is 3.37. The molecule has 0 radical (unpaired) electrons. The number of carbonyl (C=O) groups is 1. The van der Waals surface area contributed by atoms with Crippen LogP contribution in [-0.4, -0.2) is 63.9 Å². The predicted octanol–water partition coefficient (Wildman–Crippen LogP) is 0.502. The summed E-state index contributed by atoms with van der Waals surface area (Å²) in [5.41, 5.74) is 1.37. The molecule has 2 aromatic rings. The van der Waals surface area contributed by atoms with Gasteiger partial charge in [0.25, 0.3) is 11.5 Å². The third kappa shape index (κ3) is 3.82. The van der Waals surface area contributed by atoms with E-state index in [1.807, 2.05) is 0 Å². The third-order valence-corrected chi connectivity index (χ3v) is 7.43. The molecule has 1 fully saturated rings. The summed E-state index contributed by atoms with van der Waals surface area (Å²) >= 11 is 0. The second kappa shape index (κ2) is 7.68. The molecule has 1 saturated heterocycles. The Hall–Kier alpha value is -2.59. The van der Waals surface area contributed by atoms with Crippen molar-refractivity contribution in [2.45, 2.75) is 32.2 Å². The van der Waals surface area contributed by atoms with Gasteiger partial charge in [0.1, 0.15) is 5.82 Å². The van der Waals surface area contributed by atoms with Crippen LogP contribution in [0.3, 0.4) is 0 Å². The zero-order valence-corrected chi connectivity index (χ0v) is 17.0. The topological polar surface area (TPSA) is 116 Å². The van der Waals surface area contributed by atoms with Gasteiger partial charge >= 0.3 is 0 Å². The molecule has 4 rings (SSSR count). The summed E-state index contributed by atoms with van der Waals surface area (Å²) in [6.07, 6.45) is 4.31. The van der Waals surface area contributed by atoms with E-state index < -0.39 is 10.0 Å². The number of carbonyl (C=O) groups excluding carboxylic acids is 1. The summed E-state index contributed by atoms with van der Waals surface area (Å²) in [7, 11) is -3.35. The lowest BCUT2D eigenvalue weighted by Crippen LogP contribution is -2.40. The van der Waals surface area contributed by atoms with Crippen LogP contribution in [0.1, 0.15) is 46.7 Å².